The van der Waals surface area contributed by atoms with Gasteiger partial charge in [0.1, 0.15) is 0 Å². The Morgan fingerprint density at radius 1 is 0.423 bits per heavy atom. The second-order valence-corrected chi connectivity index (χ2v) is 6.86. The lowest BCUT2D eigenvalue weighted by Crippen LogP contribution is -1.94. The predicted octanol–water partition coefficient (Wildman–Crippen LogP) is 5.05. The average Bonchev–Trinajstić information content (AvgIpc) is 3.14. The van der Waals surface area contributed by atoms with Gasteiger partial charge in [0.25, 0.3) is 0 Å². The molecule has 0 saturated carbocycles. The molecular weight excluding hydrogens is 320 g/mol. The first-order chi connectivity index (χ1) is 12.7. The normalized spacial score (nSPS) is 12.2. The van der Waals surface area contributed by atoms with Crippen molar-refractivity contribution in [3.8, 4) is 0 Å². The van der Waals surface area contributed by atoms with Crippen LogP contribution in [-0.4, -0.2) is 0 Å². The molecule has 0 bridgehead atoms. The smallest absolute Gasteiger partial charge is 0.194 e. The van der Waals surface area contributed by atoms with Gasteiger partial charge in [-0.25, -0.2) is 0 Å². The van der Waals surface area contributed by atoms with Crippen LogP contribution in [0.5, 0.6) is 0 Å². The van der Waals surface area contributed by atoms with Crippen LogP contribution >= 0.6 is 0 Å². The van der Waals surface area contributed by atoms with Crippen molar-refractivity contribution < 1.29 is 0 Å². The van der Waals surface area contributed by atoms with E-state index < -0.39 is 0 Å². The third kappa shape index (κ3) is 1.52. The number of hydrogen-bond acceptors (Lipinski definition) is 2. The molecule has 0 saturated heterocycles. The summed E-state index contributed by atoms with van der Waals surface area (Å²) < 4.78 is 0. The summed E-state index contributed by atoms with van der Waals surface area (Å²) in [5.41, 5.74) is 0.156. The molecule has 0 aliphatic rings. The molecule has 6 aromatic carbocycles. The molecule has 0 unspecified atom stereocenters. The Bertz CT molecular complexity index is 1600. The van der Waals surface area contributed by atoms with Gasteiger partial charge in [0.2, 0.25) is 0 Å². The molecule has 0 atom stereocenters. The molecule has 0 heterocycles. The minimum Gasteiger partial charge on any atom is -0.289 e. The van der Waals surface area contributed by atoms with Crippen molar-refractivity contribution >= 4 is 53.9 Å². The molecule has 2 heteroatoms. The van der Waals surface area contributed by atoms with E-state index in [1.165, 1.54) is 0 Å². The van der Waals surface area contributed by atoms with E-state index in [2.05, 4.69) is 6.07 Å². The molecule has 6 rings (SSSR count). The second-order valence-electron chi connectivity index (χ2n) is 6.86. The van der Waals surface area contributed by atoms with Gasteiger partial charge in [0.15, 0.2) is 10.9 Å². The van der Waals surface area contributed by atoms with Crippen molar-refractivity contribution in [2.75, 3.05) is 0 Å². The van der Waals surface area contributed by atoms with Crippen LogP contribution in [0.2, 0.25) is 0 Å². The number of benzene rings is 4. The van der Waals surface area contributed by atoms with Gasteiger partial charge in [-0.05, 0) is 45.1 Å². The Hall–Kier alpha value is -3.52. The topological polar surface area (TPSA) is 34.1 Å². The zero-order valence-corrected chi connectivity index (χ0v) is 13.7. The van der Waals surface area contributed by atoms with Gasteiger partial charge < -0.3 is 0 Å². The first-order valence-corrected chi connectivity index (χ1v) is 8.63. The van der Waals surface area contributed by atoms with Crippen LogP contribution in [-0.2, 0) is 0 Å². The van der Waals surface area contributed by atoms with Crippen molar-refractivity contribution in [3.05, 3.63) is 93.2 Å². The van der Waals surface area contributed by atoms with Crippen molar-refractivity contribution in [2.45, 2.75) is 0 Å². The lowest BCUT2D eigenvalue weighted by Gasteiger charge is -2.02. The maximum Gasteiger partial charge on any atom is 0.194 e. The summed E-state index contributed by atoms with van der Waals surface area (Å²) in [6.45, 7) is 0. The summed E-state index contributed by atoms with van der Waals surface area (Å²) in [4.78, 5) is 25.5. The minimum absolute atomic E-state index is 0.0782. The van der Waals surface area contributed by atoms with Gasteiger partial charge in [-0.3, -0.25) is 9.59 Å². The molecule has 0 fully saturated rings. The molecule has 0 aliphatic carbocycles. The summed E-state index contributed by atoms with van der Waals surface area (Å²) in [6.07, 6.45) is 0. The summed E-state index contributed by atoms with van der Waals surface area (Å²) >= 11 is 0. The molecule has 0 aliphatic heterocycles. The Morgan fingerprint density at radius 2 is 1.04 bits per heavy atom. The highest BCUT2D eigenvalue weighted by Crippen LogP contribution is 2.35. The van der Waals surface area contributed by atoms with Gasteiger partial charge in [0, 0.05) is 26.9 Å². The fraction of sp³-hybridized carbons (Fsp3) is 0. The average molecular weight is 332 g/mol. The number of hydrogen-bond donors (Lipinski definition) is 0. The molecule has 0 spiro atoms. The molecular formula is C24H12O2. The minimum atomic E-state index is 0.0782. The standard InChI is InChI=1S/C24H12O2/c25-23-17-8-4-2-6-15(17)22-18(23)10-9-13-11-21-20(12-19(13)22)14-5-1-3-7-16(14)24(21)26/h1-12H. The number of rotatable bonds is 0. The van der Waals surface area contributed by atoms with Gasteiger partial charge in [0.05, 0.1) is 0 Å². The molecule has 6 aromatic rings. The van der Waals surface area contributed by atoms with E-state index in [0.29, 0.717) is 0 Å². The van der Waals surface area contributed by atoms with Gasteiger partial charge in [-0.2, -0.15) is 0 Å². The first kappa shape index (κ1) is 13.7. The highest BCUT2D eigenvalue weighted by atomic mass is 16.1. The van der Waals surface area contributed by atoms with Crippen molar-refractivity contribution in [2.24, 2.45) is 0 Å². The molecule has 0 amide bonds. The third-order valence-corrected chi connectivity index (χ3v) is 5.55. The summed E-state index contributed by atoms with van der Waals surface area (Å²) in [5.74, 6) is 0. The van der Waals surface area contributed by atoms with Crippen LogP contribution in [0.4, 0.5) is 0 Å². The Kier molecular flexibility index (Phi) is 2.41. The van der Waals surface area contributed by atoms with E-state index in [0.717, 1.165) is 53.9 Å². The fourth-order valence-electron chi connectivity index (χ4n) is 4.37. The van der Waals surface area contributed by atoms with Crippen LogP contribution in [0.25, 0.3) is 53.9 Å². The lowest BCUT2D eigenvalue weighted by molar-refractivity contribution is 1.80. The summed E-state index contributed by atoms with van der Waals surface area (Å²) in [5, 5.41) is 8.94. The quantitative estimate of drug-likeness (QED) is 0.390. The predicted molar refractivity (Wildman–Crippen MR) is 109 cm³/mol. The van der Waals surface area contributed by atoms with E-state index >= 15 is 0 Å². The Labute approximate surface area is 147 Å². The van der Waals surface area contributed by atoms with E-state index in [9.17, 15) is 9.59 Å². The largest absolute Gasteiger partial charge is 0.289 e. The highest BCUT2D eigenvalue weighted by Gasteiger charge is 2.15. The molecule has 0 N–H and O–H groups in total. The van der Waals surface area contributed by atoms with Crippen LogP contribution in [0.15, 0.2) is 82.4 Å². The third-order valence-electron chi connectivity index (χ3n) is 5.55. The monoisotopic (exact) mass is 332 g/mol. The van der Waals surface area contributed by atoms with Crippen molar-refractivity contribution in [3.63, 3.8) is 0 Å². The number of fused-ring (bicyclic) bond motifs is 8. The Balaban J connectivity index is 1.96. The fourth-order valence-corrected chi connectivity index (χ4v) is 4.37. The molecule has 2 nitrogen and oxygen atoms in total. The zero-order valence-electron chi connectivity index (χ0n) is 13.7. The van der Waals surface area contributed by atoms with E-state index in [-0.39, 0.29) is 10.9 Å². The molecule has 26 heavy (non-hydrogen) atoms. The highest BCUT2D eigenvalue weighted by molar-refractivity contribution is 6.26. The van der Waals surface area contributed by atoms with E-state index in [1.54, 1.807) is 0 Å². The zero-order chi connectivity index (χ0) is 17.4. The van der Waals surface area contributed by atoms with E-state index in [1.807, 2.05) is 66.7 Å². The molecule has 120 valence electrons. The van der Waals surface area contributed by atoms with Crippen LogP contribution in [0, 0.1) is 0 Å². The van der Waals surface area contributed by atoms with Gasteiger partial charge >= 0.3 is 0 Å². The van der Waals surface area contributed by atoms with Crippen LogP contribution < -0.4 is 10.9 Å². The second kappa shape index (κ2) is 4.55. The maximum atomic E-state index is 12.8. The first-order valence-electron chi connectivity index (χ1n) is 8.63. The van der Waals surface area contributed by atoms with Crippen molar-refractivity contribution in [1.29, 1.82) is 0 Å². The molecule has 0 aromatic heterocycles. The van der Waals surface area contributed by atoms with Crippen LogP contribution in [0.3, 0.4) is 0 Å². The van der Waals surface area contributed by atoms with Crippen molar-refractivity contribution in [1.82, 2.24) is 0 Å². The van der Waals surface area contributed by atoms with Crippen LogP contribution in [0.1, 0.15) is 0 Å². The summed E-state index contributed by atoms with van der Waals surface area (Å²) in [7, 11) is 0. The van der Waals surface area contributed by atoms with Gasteiger partial charge in [-0.15, -0.1) is 0 Å². The Morgan fingerprint density at radius 3 is 1.81 bits per heavy atom. The lowest BCUT2D eigenvalue weighted by atomic mass is 10.0. The van der Waals surface area contributed by atoms with Gasteiger partial charge in [-0.1, -0.05) is 54.6 Å². The summed E-state index contributed by atoms with van der Waals surface area (Å²) in [6, 6.07) is 23.4. The SMILES string of the molecule is O=c1c2ccccc2c2cc3c(ccc4c(=O)c5ccccc5c43)cc12. The van der Waals surface area contributed by atoms with E-state index in [4.69, 9.17) is 0 Å². The molecule has 0 radical (unpaired) electrons. The maximum absolute atomic E-state index is 12.8.